The molecule has 5 aliphatic rings. The van der Waals surface area contributed by atoms with Crippen molar-refractivity contribution in [2.45, 2.75) is 57.0 Å². The number of morpholine rings is 1. The zero-order valence-electron chi connectivity index (χ0n) is 26.5. The molecule has 1 unspecified atom stereocenters. The van der Waals surface area contributed by atoms with Crippen LogP contribution in [0, 0.1) is 5.92 Å². The highest BCUT2D eigenvalue weighted by Crippen LogP contribution is 2.48. The lowest BCUT2D eigenvalue weighted by Crippen LogP contribution is -2.47. The number of aromatic nitrogens is 4. The second-order valence-electron chi connectivity index (χ2n) is 13.1. The van der Waals surface area contributed by atoms with Gasteiger partial charge in [0.2, 0.25) is 0 Å². The Balaban J connectivity index is 1.04. The fraction of sp³-hybridized carbons (Fsp3) is 0.710. The highest BCUT2D eigenvalue weighted by molar-refractivity contribution is 6.14. The Morgan fingerprint density at radius 2 is 1.72 bits per heavy atom. The summed E-state index contributed by atoms with van der Waals surface area (Å²) in [4.78, 5) is 38.3. The van der Waals surface area contributed by atoms with E-state index in [0.717, 1.165) is 51.6 Å². The van der Waals surface area contributed by atoms with Gasteiger partial charge in [-0.3, -0.25) is 24.2 Å². The van der Waals surface area contributed by atoms with Crippen LogP contribution in [0.3, 0.4) is 0 Å². The minimum Gasteiger partial charge on any atom is -0.511 e. The number of fused-ring (bicyclic) bond motifs is 2. The maximum Gasteiger partial charge on any atom is 0.168 e. The van der Waals surface area contributed by atoms with Crippen molar-refractivity contribution in [2.24, 2.45) is 10.9 Å². The standard InChI is InChI=1S/C31H44N8O7/c1-31(2)45-26-25(20-15-22(41)21(23(42)16-20)17-32-3-4-36-5-7-37(8-6-36)9-12-40)44-30(27(26)46-31)39-19-35-24-28(33-18-34-29(24)39)38-10-13-43-14-11-38/h17-20,25-27,30,40-41H,3-16H2,1-2H3/t20?,25-,26-,27-,30-/m1/s1. The number of carbonyl (C=O) groups is 1. The minimum absolute atomic E-state index is 0.0281. The van der Waals surface area contributed by atoms with Gasteiger partial charge in [-0.1, -0.05) is 0 Å². The number of nitrogens with zero attached hydrogens (tertiary/aromatic N) is 8. The summed E-state index contributed by atoms with van der Waals surface area (Å²) < 4.78 is 26.8. The van der Waals surface area contributed by atoms with Crippen LogP contribution in [0.4, 0.5) is 5.82 Å². The summed E-state index contributed by atoms with van der Waals surface area (Å²) in [6.45, 7) is 12.4. The van der Waals surface area contributed by atoms with Crippen molar-refractivity contribution >= 4 is 29.0 Å². The van der Waals surface area contributed by atoms with E-state index in [9.17, 15) is 9.90 Å². The molecule has 46 heavy (non-hydrogen) atoms. The first-order chi connectivity index (χ1) is 22.3. The Kier molecular flexibility index (Phi) is 9.06. The van der Waals surface area contributed by atoms with E-state index >= 15 is 0 Å². The number of carbonyl (C=O) groups excluding carboxylic acids is 1. The first-order valence-corrected chi connectivity index (χ1v) is 16.3. The monoisotopic (exact) mass is 640 g/mol. The van der Waals surface area contributed by atoms with Gasteiger partial charge in [0.05, 0.1) is 44.4 Å². The van der Waals surface area contributed by atoms with Crippen molar-refractivity contribution < 1.29 is 34.0 Å². The van der Waals surface area contributed by atoms with Gasteiger partial charge >= 0.3 is 0 Å². The Morgan fingerprint density at radius 3 is 2.46 bits per heavy atom. The zero-order chi connectivity index (χ0) is 31.8. The molecule has 0 spiro atoms. The third-order valence-corrected chi connectivity index (χ3v) is 9.62. The molecule has 15 heteroatoms. The maximum atomic E-state index is 13.3. The number of aliphatic imine (C=N–C) groups is 1. The van der Waals surface area contributed by atoms with Gasteiger partial charge < -0.3 is 34.1 Å². The summed E-state index contributed by atoms with van der Waals surface area (Å²) in [5, 5.41) is 20.2. The van der Waals surface area contributed by atoms with E-state index in [0.29, 0.717) is 37.5 Å². The van der Waals surface area contributed by atoms with Gasteiger partial charge in [0, 0.05) is 77.3 Å². The number of aliphatic hydroxyl groups is 2. The molecule has 250 valence electrons. The number of imidazole rings is 1. The van der Waals surface area contributed by atoms with Gasteiger partial charge in [0.25, 0.3) is 0 Å². The van der Waals surface area contributed by atoms with Crippen LogP contribution in [0.2, 0.25) is 0 Å². The van der Waals surface area contributed by atoms with E-state index in [2.05, 4.69) is 34.6 Å². The van der Waals surface area contributed by atoms with E-state index < -0.39 is 30.3 Å². The first-order valence-electron chi connectivity index (χ1n) is 16.3. The van der Waals surface area contributed by atoms with Crippen molar-refractivity contribution in [1.29, 1.82) is 0 Å². The lowest BCUT2D eigenvalue weighted by Gasteiger charge is -2.33. The van der Waals surface area contributed by atoms with E-state index in [1.165, 1.54) is 12.5 Å². The summed E-state index contributed by atoms with van der Waals surface area (Å²) in [5.41, 5.74) is 1.57. The number of anilines is 1. The molecule has 4 aliphatic heterocycles. The number of hydrogen-bond donors (Lipinski definition) is 2. The normalized spacial score (nSPS) is 31.1. The quantitative estimate of drug-likeness (QED) is 0.366. The van der Waals surface area contributed by atoms with Crippen LogP contribution in [-0.4, -0.2) is 154 Å². The largest absolute Gasteiger partial charge is 0.511 e. The van der Waals surface area contributed by atoms with Gasteiger partial charge in [-0.2, -0.15) is 0 Å². The molecule has 4 saturated heterocycles. The average molecular weight is 641 g/mol. The third kappa shape index (κ3) is 6.29. The number of rotatable bonds is 9. The molecule has 2 N–H and O–H groups in total. The molecule has 0 aromatic carbocycles. The third-order valence-electron chi connectivity index (χ3n) is 9.62. The highest BCUT2D eigenvalue weighted by atomic mass is 16.8. The summed E-state index contributed by atoms with van der Waals surface area (Å²) in [5.74, 6) is -0.527. The predicted molar refractivity (Wildman–Crippen MR) is 167 cm³/mol. The molecule has 0 amide bonds. The van der Waals surface area contributed by atoms with Gasteiger partial charge in [-0.25, -0.2) is 15.0 Å². The summed E-state index contributed by atoms with van der Waals surface area (Å²) in [6.07, 6.45) is 3.25. The highest BCUT2D eigenvalue weighted by Gasteiger charge is 2.58. The average Bonchev–Trinajstić information content (AvgIpc) is 3.72. The van der Waals surface area contributed by atoms with Gasteiger partial charge in [0.15, 0.2) is 34.8 Å². The van der Waals surface area contributed by atoms with Crippen molar-refractivity contribution in [2.75, 3.05) is 83.6 Å². The number of β-amino-alcohol motifs (C(OH)–C–C–N with tert-alkyl or cyclic N) is 1. The van der Waals surface area contributed by atoms with Gasteiger partial charge in [-0.05, 0) is 13.8 Å². The van der Waals surface area contributed by atoms with Crippen molar-refractivity contribution in [3.63, 3.8) is 0 Å². The van der Waals surface area contributed by atoms with Crippen LogP contribution in [0.1, 0.15) is 32.9 Å². The van der Waals surface area contributed by atoms with E-state index in [4.69, 9.17) is 24.1 Å². The predicted octanol–water partition coefficient (Wildman–Crippen LogP) is 0.552. The second kappa shape index (κ2) is 13.2. The van der Waals surface area contributed by atoms with E-state index in [1.807, 2.05) is 18.4 Å². The fourth-order valence-corrected chi connectivity index (χ4v) is 7.29. The van der Waals surface area contributed by atoms with Crippen LogP contribution in [0.15, 0.2) is 29.0 Å². The molecule has 2 aromatic rings. The van der Waals surface area contributed by atoms with Crippen LogP contribution >= 0.6 is 0 Å². The zero-order valence-corrected chi connectivity index (χ0v) is 26.5. The molecule has 4 fully saturated rings. The fourth-order valence-electron chi connectivity index (χ4n) is 7.29. The number of Topliss-reactive ketones (excluding diaryl/α,β-unsaturated/α-hetero) is 1. The molecular weight excluding hydrogens is 596 g/mol. The first kappa shape index (κ1) is 31.5. The Bertz CT molecular complexity index is 1470. The molecule has 0 saturated carbocycles. The van der Waals surface area contributed by atoms with Gasteiger partial charge in [0.1, 0.15) is 24.3 Å². The van der Waals surface area contributed by atoms with Crippen LogP contribution < -0.4 is 4.90 Å². The van der Waals surface area contributed by atoms with Crippen molar-refractivity contribution in [3.8, 4) is 0 Å². The number of aliphatic hydroxyl groups excluding tert-OH is 2. The number of allylic oxidation sites excluding steroid dienone is 2. The molecule has 15 nitrogen and oxygen atoms in total. The molecule has 1 aliphatic carbocycles. The second-order valence-corrected chi connectivity index (χ2v) is 13.1. The molecule has 0 radical (unpaired) electrons. The molecule has 2 aromatic heterocycles. The van der Waals surface area contributed by atoms with Crippen LogP contribution in [-0.2, 0) is 23.7 Å². The smallest absolute Gasteiger partial charge is 0.168 e. The lowest BCUT2D eigenvalue weighted by molar-refractivity contribution is -0.202. The maximum absolute atomic E-state index is 13.3. The van der Waals surface area contributed by atoms with Crippen molar-refractivity contribution in [3.05, 3.63) is 24.0 Å². The van der Waals surface area contributed by atoms with Crippen LogP contribution in [0.5, 0.6) is 0 Å². The number of piperazine rings is 1. The number of hydrogen-bond acceptors (Lipinski definition) is 14. The topological polar surface area (TPSA) is 160 Å². The summed E-state index contributed by atoms with van der Waals surface area (Å²) in [6, 6.07) is 0. The SMILES string of the molecule is CC1(C)O[C@@H]2[C@H](O1)[C@@H](C1CC(=O)C(C=NCCN3CCN(CCO)CC3)=C(O)C1)O[C@H]2n1cnc2c(N3CCOCC3)ncnc21. The Morgan fingerprint density at radius 1 is 0.978 bits per heavy atom. The Labute approximate surface area is 267 Å². The van der Waals surface area contributed by atoms with E-state index in [1.54, 1.807) is 6.33 Å². The minimum atomic E-state index is -0.847. The van der Waals surface area contributed by atoms with Gasteiger partial charge in [-0.15, -0.1) is 0 Å². The lowest BCUT2D eigenvalue weighted by atomic mass is 9.82. The molecular formula is C31H44N8O7. The molecule has 5 atom stereocenters. The van der Waals surface area contributed by atoms with Crippen LogP contribution in [0.25, 0.3) is 11.2 Å². The molecule has 0 bridgehead atoms. The molecule has 7 rings (SSSR count). The summed E-state index contributed by atoms with van der Waals surface area (Å²) in [7, 11) is 0. The van der Waals surface area contributed by atoms with Crippen molar-refractivity contribution in [1.82, 2.24) is 29.3 Å². The number of ketones is 1. The Hall–Kier alpha value is -3.05. The van der Waals surface area contributed by atoms with E-state index in [-0.39, 0.29) is 42.5 Å². The number of ether oxygens (including phenoxy) is 4. The summed E-state index contributed by atoms with van der Waals surface area (Å²) >= 11 is 0. The molecule has 6 heterocycles.